The standard InChI is InChI=1S/C18H27N3O3S.ClH/c1-3-10-21(15-8-9-19-12-15)18(22)17-11-16(7-4-13(17)2)25(23,24)20-14-5-6-14;/h4,7,11,14-15,19-20H,3,5-6,8-10,12H2,1-2H3;1H. The van der Waals surface area contributed by atoms with Crippen molar-refractivity contribution in [1.82, 2.24) is 14.9 Å². The van der Waals surface area contributed by atoms with E-state index in [0.29, 0.717) is 12.1 Å². The highest BCUT2D eigenvalue weighted by atomic mass is 35.5. The number of aryl methyl sites for hydroxylation is 1. The Kier molecular flexibility index (Phi) is 7.07. The van der Waals surface area contributed by atoms with Gasteiger partial charge in [-0.3, -0.25) is 4.79 Å². The quantitative estimate of drug-likeness (QED) is 0.733. The first-order valence-corrected chi connectivity index (χ1v) is 10.6. The minimum absolute atomic E-state index is 0. The smallest absolute Gasteiger partial charge is 0.254 e. The molecule has 1 aromatic carbocycles. The number of halogens is 1. The van der Waals surface area contributed by atoms with Crippen LogP contribution in [0.15, 0.2) is 23.1 Å². The first-order valence-electron chi connectivity index (χ1n) is 9.07. The molecule has 1 amide bonds. The summed E-state index contributed by atoms with van der Waals surface area (Å²) in [5, 5.41) is 3.30. The van der Waals surface area contributed by atoms with E-state index in [2.05, 4.69) is 17.0 Å². The summed E-state index contributed by atoms with van der Waals surface area (Å²) in [6.45, 7) is 6.30. The maximum atomic E-state index is 13.1. The number of amides is 1. The van der Waals surface area contributed by atoms with Crippen LogP contribution in [-0.4, -0.2) is 50.9 Å². The number of nitrogens with one attached hydrogen (secondary N) is 2. The molecule has 3 rings (SSSR count). The second-order valence-electron chi connectivity index (χ2n) is 7.02. The van der Waals surface area contributed by atoms with Crippen molar-refractivity contribution in [1.29, 1.82) is 0 Å². The predicted octanol–water partition coefficient (Wildman–Crippen LogP) is 2.07. The molecule has 0 radical (unpaired) electrons. The van der Waals surface area contributed by atoms with E-state index in [1.807, 2.05) is 11.8 Å². The van der Waals surface area contributed by atoms with Crippen LogP contribution in [0.25, 0.3) is 0 Å². The first kappa shape index (κ1) is 21.2. The summed E-state index contributed by atoms with van der Waals surface area (Å²) in [4.78, 5) is 15.2. The zero-order chi connectivity index (χ0) is 18.0. The molecule has 1 heterocycles. The summed E-state index contributed by atoms with van der Waals surface area (Å²) >= 11 is 0. The van der Waals surface area contributed by atoms with E-state index >= 15 is 0 Å². The van der Waals surface area contributed by atoms with E-state index in [-0.39, 0.29) is 35.3 Å². The molecule has 6 nitrogen and oxygen atoms in total. The average molecular weight is 402 g/mol. The van der Waals surface area contributed by atoms with Crippen LogP contribution in [0.3, 0.4) is 0 Å². The minimum Gasteiger partial charge on any atom is -0.334 e. The van der Waals surface area contributed by atoms with Crippen molar-refractivity contribution in [3.63, 3.8) is 0 Å². The van der Waals surface area contributed by atoms with Crippen molar-refractivity contribution in [2.24, 2.45) is 0 Å². The molecule has 0 bridgehead atoms. The minimum atomic E-state index is -3.56. The summed E-state index contributed by atoms with van der Waals surface area (Å²) in [7, 11) is -3.56. The van der Waals surface area contributed by atoms with Crippen molar-refractivity contribution in [2.75, 3.05) is 19.6 Å². The van der Waals surface area contributed by atoms with Gasteiger partial charge in [0, 0.05) is 30.7 Å². The molecule has 1 aliphatic carbocycles. The van der Waals surface area contributed by atoms with Crippen LogP contribution in [0.2, 0.25) is 0 Å². The van der Waals surface area contributed by atoms with Crippen molar-refractivity contribution in [3.8, 4) is 0 Å². The van der Waals surface area contributed by atoms with Gasteiger partial charge in [-0.15, -0.1) is 12.4 Å². The average Bonchev–Trinajstić information content (AvgIpc) is 3.21. The third kappa shape index (κ3) is 4.76. The molecular weight excluding hydrogens is 374 g/mol. The number of sulfonamides is 1. The van der Waals surface area contributed by atoms with Crippen LogP contribution in [-0.2, 0) is 10.0 Å². The number of nitrogens with zero attached hydrogens (tertiary/aromatic N) is 1. The molecule has 1 saturated carbocycles. The maximum Gasteiger partial charge on any atom is 0.254 e. The van der Waals surface area contributed by atoms with E-state index in [0.717, 1.165) is 44.3 Å². The Balaban J connectivity index is 0.00000243. The van der Waals surface area contributed by atoms with Crippen molar-refractivity contribution < 1.29 is 13.2 Å². The molecule has 146 valence electrons. The van der Waals surface area contributed by atoms with Gasteiger partial charge in [0.05, 0.1) is 4.90 Å². The predicted molar refractivity (Wildman–Crippen MR) is 104 cm³/mol. The van der Waals surface area contributed by atoms with Crippen molar-refractivity contribution in [2.45, 2.75) is 56.5 Å². The molecule has 2 N–H and O–H groups in total. The van der Waals surface area contributed by atoms with E-state index in [4.69, 9.17) is 0 Å². The molecule has 0 aromatic heterocycles. The van der Waals surface area contributed by atoms with Crippen LogP contribution in [0.5, 0.6) is 0 Å². The third-order valence-electron chi connectivity index (χ3n) is 4.85. The number of benzene rings is 1. The lowest BCUT2D eigenvalue weighted by molar-refractivity contribution is 0.0691. The lowest BCUT2D eigenvalue weighted by Gasteiger charge is -2.29. The monoisotopic (exact) mass is 401 g/mol. The lowest BCUT2D eigenvalue weighted by Crippen LogP contribution is -2.42. The molecular formula is C18H28ClN3O3S. The van der Waals surface area contributed by atoms with Gasteiger partial charge in [0.1, 0.15) is 0 Å². The Morgan fingerprint density at radius 1 is 1.31 bits per heavy atom. The normalized spacial score (nSPS) is 19.8. The molecule has 2 aliphatic rings. The molecule has 8 heteroatoms. The summed E-state index contributed by atoms with van der Waals surface area (Å²) < 4.78 is 27.6. The Hall–Kier alpha value is -1.15. The van der Waals surface area contributed by atoms with Gasteiger partial charge < -0.3 is 10.2 Å². The second-order valence-corrected chi connectivity index (χ2v) is 8.73. The number of rotatable bonds is 7. The Bertz CT molecular complexity index is 744. The van der Waals surface area contributed by atoms with Crippen LogP contribution >= 0.6 is 12.4 Å². The summed E-state index contributed by atoms with van der Waals surface area (Å²) in [5.41, 5.74) is 1.29. The Morgan fingerprint density at radius 2 is 2.04 bits per heavy atom. The van der Waals surface area contributed by atoms with Crippen molar-refractivity contribution >= 4 is 28.3 Å². The molecule has 1 aliphatic heterocycles. The zero-order valence-corrected chi connectivity index (χ0v) is 17.0. The Labute approximate surface area is 162 Å². The van der Waals surface area contributed by atoms with Gasteiger partial charge in [-0.1, -0.05) is 13.0 Å². The topological polar surface area (TPSA) is 78.5 Å². The van der Waals surface area contributed by atoms with Crippen LogP contribution in [0.4, 0.5) is 0 Å². The van der Waals surface area contributed by atoms with Gasteiger partial charge in [0.2, 0.25) is 10.0 Å². The largest absolute Gasteiger partial charge is 0.334 e. The van der Waals surface area contributed by atoms with Gasteiger partial charge in [-0.25, -0.2) is 13.1 Å². The SMILES string of the molecule is CCCN(C(=O)c1cc(S(=O)(=O)NC2CC2)ccc1C)C1CCNC1.Cl. The molecule has 1 aromatic rings. The third-order valence-corrected chi connectivity index (χ3v) is 6.37. The van der Waals surface area contributed by atoms with Crippen LogP contribution in [0, 0.1) is 6.92 Å². The second kappa shape index (κ2) is 8.69. The first-order chi connectivity index (χ1) is 11.9. The number of hydrogen-bond donors (Lipinski definition) is 2. The fourth-order valence-corrected chi connectivity index (χ4v) is 4.57. The fraction of sp³-hybridized carbons (Fsp3) is 0.611. The van der Waals surface area contributed by atoms with Gasteiger partial charge in [-0.2, -0.15) is 0 Å². The highest BCUT2D eigenvalue weighted by Crippen LogP contribution is 2.24. The molecule has 1 saturated heterocycles. The Morgan fingerprint density at radius 3 is 2.62 bits per heavy atom. The zero-order valence-electron chi connectivity index (χ0n) is 15.3. The lowest BCUT2D eigenvalue weighted by atomic mass is 10.1. The van der Waals surface area contributed by atoms with E-state index in [1.54, 1.807) is 12.1 Å². The summed E-state index contributed by atoms with van der Waals surface area (Å²) in [6, 6.07) is 5.07. The number of carbonyl (C=O) groups excluding carboxylic acids is 1. The van der Waals surface area contributed by atoms with E-state index in [1.165, 1.54) is 6.07 Å². The molecule has 26 heavy (non-hydrogen) atoms. The maximum absolute atomic E-state index is 13.1. The van der Waals surface area contributed by atoms with Crippen LogP contribution in [0.1, 0.15) is 48.5 Å². The molecule has 1 unspecified atom stereocenters. The van der Waals surface area contributed by atoms with E-state index < -0.39 is 10.0 Å². The van der Waals surface area contributed by atoms with Crippen LogP contribution < -0.4 is 10.0 Å². The fourth-order valence-electron chi connectivity index (χ4n) is 3.24. The molecule has 0 spiro atoms. The molecule has 1 atom stereocenters. The summed E-state index contributed by atoms with van der Waals surface area (Å²) in [6.07, 6.45) is 3.58. The number of hydrogen-bond acceptors (Lipinski definition) is 4. The van der Waals surface area contributed by atoms with Gasteiger partial charge in [-0.05, 0) is 56.8 Å². The van der Waals surface area contributed by atoms with Crippen molar-refractivity contribution in [3.05, 3.63) is 29.3 Å². The highest BCUT2D eigenvalue weighted by molar-refractivity contribution is 7.89. The summed E-state index contributed by atoms with van der Waals surface area (Å²) in [5.74, 6) is -0.0727. The van der Waals surface area contributed by atoms with Gasteiger partial charge in [0.25, 0.3) is 5.91 Å². The van der Waals surface area contributed by atoms with E-state index in [9.17, 15) is 13.2 Å². The number of carbonyl (C=O) groups is 1. The highest BCUT2D eigenvalue weighted by Gasteiger charge is 2.30. The van der Waals surface area contributed by atoms with Gasteiger partial charge in [0.15, 0.2) is 0 Å². The molecule has 2 fully saturated rings. The van der Waals surface area contributed by atoms with Gasteiger partial charge >= 0.3 is 0 Å².